The van der Waals surface area contributed by atoms with E-state index in [1.165, 1.54) is 12.8 Å². The molecular formula is C14H20O3. The third-order valence-electron chi connectivity index (χ3n) is 5.30. The number of ketones is 1. The van der Waals surface area contributed by atoms with Gasteiger partial charge >= 0.3 is 0 Å². The van der Waals surface area contributed by atoms with Gasteiger partial charge in [0.25, 0.3) is 0 Å². The summed E-state index contributed by atoms with van der Waals surface area (Å²) in [5.74, 6) is 0.301. The average Bonchev–Trinajstić information content (AvgIpc) is 2.82. The van der Waals surface area contributed by atoms with Crippen LogP contribution in [0.5, 0.6) is 0 Å². The van der Waals surface area contributed by atoms with Crippen LogP contribution in [0.1, 0.15) is 38.5 Å². The molecule has 0 radical (unpaired) electrons. The molecule has 3 fully saturated rings. The highest BCUT2D eigenvalue weighted by Gasteiger charge is 2.67. The number of ether oxygens (including phenoxy) is 2. The second-order valence-corrected chi connectivity index (χ2v) is 5.90. The van der Waals surface area contributed by atoms with Crippen LogP contribution in [0.2, 0.25) is 0 Å². The zero-order valence-electron chi connectivity index (χ0n) is 10.5. The Balaban J connectivity index is 1.86. The molecule has 3 heteroatoms. The maximum atomic E-state index is 11.9. The van der Waals surface area contributed by atoms with E-state index >= 15 is 0 Å². The Hall–Kier alpha value is -0.670. The van der Waals surface area contributed by atoms with Crippen LogP contribution in [0.25, 0.3) is 0 Å². The van der Waals surface area contributed by atoms with Gasteiger partial charge in [0.05, 0.1) is 6.10 Å². The SMILES string of the molecule is C=C1C(=O)C[C@]23CCC[C@]12C[C@@H](OCOC)C3. The lowest BCUT2D eigenvalue weighted by Gasteiger charge is -2.33. The number of hydrogen-bond donors (Lipinski definition) is 0. The first-order chi connectivity index (χ1) is 8.13. The summed E-state index contributed by atoms with van der Waals surface area (Å²) in [6.45, 7) is 4.44. The molecule has 3 saturated carbocycles. The molecule has 0 spiro atoms. The first kappa shape index (κ1) is 11.4. The molecule has 0 unspecified atom stereocenters. The lowest BCUT2D eigenvalue weighted by molar-refractivity contribution is -0.116. The predicted octanol–water partition coefficient (Wildman–Crippen LogP) is 2.46. The number of allylic oxidation sites excluding steroid dienone is 1. The molecule has 17 heavy (non-hydrogen) atoms. The number of carbonyl (C=O) groups excluding carboxylic acids is 1. The Kier molecular flexibility index (Phi) is 2.46. The Morgan fingerprint density at radius 2 is 2.24 bits per heavy atom. The van der Waals surface area contributed by atoms with Gasteiger partial charge in [0.15, 0.2) is 5.78 Å². The van der Waals surface area contributed by atoms with E-state index in [4.69, 9.17) is 9.47 Å². The molecular weight excluding hydrogens is 216 g/mol. The number of methoxy groups -OCH3 is 1. The van der Waals surface area contributed by atoms with Gasteiger partial charge in [-0.1, -0.05) is 13.0 Å². The van der Waals surface area contributed by atoms with Crippen LogP contribution in [-0.4, -0.2) is 25.8 Å². The normalized spacial score (nSPS) is 44.2. The van der Waals surface area contributed by atoms with Gasteiger partial charge in [0, 0.05) is 18.9 Å². The summed E-state index contributed by atoms with van der Waals surface area (Å²) in [7, 11) is 1.65. The fourth-order valence-corrected chi connectivity index (χ4v) is 4.63. The summed E-state index contributed by atoms with van der Waals surface area (Å²) < 4.78 is 10.7. The molecule has 3 atom stereocenters. The summed E-state index contributed by atoms with van der Waals surface area (Å²) in [5.41, 5.74) is 1.14. The minimum absolute atomic E-state index is 0.0719. The fourth-order valence-electron chi connectivity index (χ4n) is 4.63. The molecule has 0 aliphatic heterocycles. The van der Waals surface area contributed by atoms with Crippen molar-refractivity contribution in [1.82, 2.24) is 0 Å². The third kappa shape index (κ3) is 1.33. The summed E-state index contributed by atoms with van der Waals surface area (Å²) >= 11 is 0. The van der Waals surface area contributed by atoms with E-state index in [9.17, 15) is 4.79 Å². The zero-order valence-corrected chi connectivity index (χ0v) is 10.5. The first-order valence-corrected chi connectivity index (χ1v) is 6.47. The van der Waals surface area contributed by atoms with Crippen molar-refractivity contribution in [2.75, 3.05) is 13.9 Å². The zero-order chi connectivity index (χ0) is 12.1. The summed E-state index contributed by atoms with van der Waals surface area (Å²) in [6, 6.07) is 0. The standard InChI is InChI=1S/C14H20O3/c1-10-12(15)8-13-4-3-5-14(10,13)7-11(6-13)17-9-16-2/h11H,1,3-9H2,2H3/t11-,13+,14-/m0/s1. The van der Waals surface area contributed by atoms with Crippen molar-refractivity contribution in [3.8, 4) is 0 Å². The van der Waals surface area contributed by atoms with Crippen LogP contribution in [0.4, 0.5) is 0 Å². The molecule has 94 valence electrons. The maximum absolute atomic E-state index is 11.9. The lowest BCUT2D eigenvalue weighted by atomic mass is 9.69. The highest BCUT2D eigenvalue weighted by molar-refractivity contribution is 6.00. The molecule has 0 aromatic rings. The third-order valence-corrected chi connectivity index (χ3v) is 5.30. The van der Waals surface area contributed by atoms with Crippen LogP contribution in [-0.2, 0) is 14.3 Å². The number of carbonyl (C=O) groups is 1. The highest BCUT2D eigenvalue weighted by Crippen LogP contribution is 2.71. The van der Waals surface area contributed by atoms with Gasteiger partial charge in [-0.3, -0.25) is 4.79 Å². The number of Topliss-reactive ketones (excluding diaryl/α,β-unsaturated/α-hetero) is 1. The minimum Gasteiger partial charge on any atom is -0.359 e. The molecule has 0 amide bonds. The highest BCUT2D eigenvalue weighted by atomic mass is 16.7. The molecule has 0 heterocycles. The van der Waals surface area contributed by atoms with E-state index in [1.807, 2.05) is 0 Å². The minimum atomic E-state index is 0.0719. The lowest BCUT2D eigenvalue weighted by Crippen LogP contribution is -2.26. The fraction of sp³-hybridized carbons (Fsp3) is 0.786. The van der Waals surface area contributed by atoms with Crippen molar-refractivity contribution >= 4 is 5.78 Å². The van der Waals surface area contributed by atoms with E-state index in [-0.39, 0.29) is 16.9 Å². The second-order valence-electron chi connectivity index (χ2n) is 5.90. The molecule has 3 aliphatic rings. The van der Waals surface area contributed by atoms with Gasteiger partial charge in [0.2, 0.25) is 0 Å². The van der Waals surface area contributed by atoms with Gasteiger partial charge in [-0.25, -0.2) is 0 Å². The van der Waals surface area contributed by atoms with Crippen molar-refractivity contribution in [2.45, 2.75) is 44.6 Å². The summed E-state index contributed by atoms with van der Waals surface area (Å²) in [6.07, 6.45) is 6.49. The van der Waals surface area contributed by atoms with E-state index in [0.717, 1.165) is 24.8 Å². The topological polar surface area (TPSA) is 35.5 Å². The van der Waals surface area contributed by atoms with Crippen molar-refractivity contribution in [3.63, 3.8) is 0 Å². The van der Waals surface area contributed by atoms with Crippen LogP contribution in [0.3, 0.4) is 0 Å². The van der Waals surface area contributed by atoms with Gasteiger partial charge in [-0.05, 0) is 36.7 Å². The average molecular weight is 236 g/mol. The summed E-state index contributed by atoms with van der Waals surface area (Å²) in [5, 5.41) is 0. The van der Waals surface area contributed by atoms with Crippen LogP contribution in [0, 0.1) is 10.8 Å². The Morgan fingerprint density at radius 3 is 2.94 bits per heavy atom. The van der Waals surface area contributed by atoms with Gasteiger partial charge in [-0.15, -0.1) is 0 Å². The van der Waals surface area contributed by atoms with Crippen LogP contribution < -0.4 is 0 Å². The summed E-state index contributed by atoms with van der Waals surface area (Å²) in [4.78, 5) is 11.9. The molecule has 0 aromatic carbocycles. The van der Waals surface area contributed by atoms with Crippen LogP contribution in [0.15, 0.2) is 12.2 Å². The number of rotatable bonds is 3. The smallest absolute Gasteiger partial charge is 0.159 e. The van der Waals surface area contributed by atoms with Gasteiger partial charge < -0.3 is 9.47 Å². The van der Waals surface area contributed by atoms with Gasteiger partial charge in [-0.2, -0.15) is 0 Å². The van der Waals surface area contributed by atoms with Crippen molar-refractivity contribution in [3.05, 3.63) is 12.2 Å². The molecule has 0 aromatic heterocycles. The molecule has 0 bridgehead atoms. The van der Waals surface area contributed by atoms with E-state index in [0.29, 0.717) is 19.0 Å². The van der Waals surface area contributed by atoms with Gasteiger partial charge in [0.1, 0.15) is 6.79 Å². The van der Waals surface area contributed by atoms with Crippen molar-refractivity contribution in [1.29, 1.82) is 0 Å². The Bertz CT molecular complexity index is 376. The molecule has 3 nitrogen and oxygen atoms in total. The quantitative estimate of drug-likeness (QED) is 0.558. The van der Waals surface area contributed by atoms with Crippen molar-refractivity contribution < 1.29 is 14.3 Å². The first-order valence-electron chi connectivity index (χ1n) is 6.47. The van der Waals surface area contributed by atoms with E-state index in [1.54, 1.807) is 7.11 Å². The molecule has 0 N–H and O–H groups in total. The number of hydrogen-bond acceptors (Lipinski definition) is 3. The van der Waals surface area contributed by atoms with E-state index < -0.39 is 0 Å². The molecule has 3 aliphatic carbocycles. The van der Waals surface area contributed by atoms with Crippen LogP contribution >= 0.6 is 0 Å². The Morgan fingerprint density at radius 1 is 1.41 bits per heavy atom. The van der Waals surface area contributed by atoms with E-state index in [2.05, 4.69) is 6.58 Å². The Labute approximate surface area is 102 Å². The molecule has 3 rings (SSSR count). The maximum Gasteiger partial charge on any atom is 0.159 e. The second kappa shape index (κ2) is 3.66. The predicted molar refractivity (Wildman–Crippen MR) is 63.5 cm³/mol. The largest absolute Gasteiger partial charge is 0.359 e. The monoisotopic (exact) mass is 236 g/mol. The molecule has 0 saturated heterocycles. The van der Waals surface area contributed by atoms with Crippen molar-refractivity contribution in [2.24, 2.45) is 10.8 Å².